The molecule has 4 heteroatoms. The van der Waals surface area contributed by atoms with Gasteiger partial charge in [0.15, 0.2) is 0 Å². The van der Waals surface area contributed by atoms with E-state index in [0.29, 0.717) is 0 Å². The maximum atomic E-state index is 10.6. The van der Waals surface area contributed by atoms with Crippen LogP contribution in [0.1, 0.15) is 0 Å². The summed E-state index contributed by atoms with van der Waals surface area (Å²) in [7, 11) is 1.31. The van der Waals surface area contributed by atoms with Crippen LogP contribution in [-0.2, 0) is 4.74 Å². The third-order valence-electron chi connectivity index (χ3n) is 2.49. The van der Waals surface area contributed by atoms with Gasteiger partial charge in [0.1, 0.15) is 0 Å². The van der Waals surface area contributed by atoms with E-state index < -0.39 is 6.09 Å². The molecule has 0 fully saturated rings. The Labute approximate surface area is 105 Å². The van der Waals surface area contributed by atoms with Gasteiger partial charge in [-0.05, 0) is 22.6 Å². The molecule has 2 aliphatic carbocycles. The summed E-state index contributed by atoms with van der Waals surface area (Å²) < 4.78 is 4.36. The molecule has 0 spiro atoms. The number of methoxy groups -OCH3 is 1. The first kappa shape index (κ1) is 12.0. The van der Waals surface area contributed by atoms with Crippen LogP contribution in [0.15, 0.2) is 54.6 Å². The molecular weight excluding hydrogens is 228 g/mol. The standard InChI is InChI=1S/C8H10N2O2.C6H4/c1-12-8(11)10-9-7-5-3-2-4-6-7;1-2-6-4-3-5(1)6/h2-6,9H,1H3,(H,10,11);1-4H. The first-order chi connectivity index (χ1) is 8.79. The number of para-hydroxylation sites is 1. The van der Waals surface area contributed by atoms with Gasteiger partial charge in [-0.2, -0.15) is 0 Å². The summed E-state index contributed by atoms with van der Waals surface area (Å²) in [5, 5.41) is 2.85. The van der Waals surface area contributed by atoms with Crippen LogP contribution >= 0.6 is 0 Å². The molecule has 0 saturated heterocycles. The zero-order chi connectivity index (χ0) is 12.8. The second kappa shape index (κ2) is 5.72. The molecule has 0 aliphatic heterocycles. The van der Waals surface area contributed by atoms with Crippen molar-refractivity contribution in [3.05, 3.63) is 65.0 Å². The molecule has 2 N–H and O–H groups in total. The molecular formula is C14H14N2O2. The minimum absolute atomic E-state index is 0.515. The van der Waals surface area contributed by atoms with Crippen LogP contribution in [0.2, 0.25) is 0 Å². The van der Waals surface area contributed by atoms with Gasteiger partial charge < -0.3 is 4.74 Å². The Hall–Kier alpha value is -2.49. The van der Waals surface area contributed by atoms with Gasteiger partial charge in [0, 0.05) is 0 Å². The topological polar surface area (TPSA) is 50.4 Å². The molecule has 0 atom stereocenters. The lowest BCUT2D eigenvalue weighted by atomic mass is 10.1. The van der Waals surface area contributed by atoms with Gasteiger partial charge in [0.25, 0.3) is 0 Å². The molecule has 0 bridgehead atoms. The Balaban J connectivity index is 0.000000164. The number of nitrogens with one attached hydrogen (secondary N) is 2. The molecule has 4 nitrogen and oxygen atoms in total. The Morgan fingerprint density at radius 3 is 1.89 bits per heavy atom. The second-order valence-electron chi connectivity index (χ2n) is 3.68. The van der Waals surface area contributed by atoms with Gasteiger partial charge in [-0.25, -0.2) is 10.2 Å². The molecule has 2 aliphatic rings. The van der Waals surface area contributed by atoms with Crippen LogP contribution in [0.4, 0.5) is 10.5 Å². The first-order valence-electron chi connectivity index (χ1n) is 5.55. The Kier molecular flexibility index (Phi) is 3.81. The maximum Gasteiger partial charge on any atom is 0.425 e. The molecule has 3 rings (SSSR count). The lowest BCUT2D eigenvalue weighted by Gasteiger charge is -2.05. The van der Waals surface area contributed by atoms with Crippen molar-refractivity contribution in [1.82, 2.24) is 5.43 Å². The molecule has 0 radical (unpaired) electrons. The smallest absolute Gasteiger partial charge is 0.425 e. The third-order valence-corrected chi connectivity index (χ3v) is 2.49. The highest BCUT2D eigenvalue weighted by Crippen LogP contribution is 2.04. The molecule has 1 amide bonds. The Morgan fingerprint density at radius 1 is 0.944 bits per heavy atom. The normalized spacial score (nSPS) is 9.61. The number of anilines is 1. The fraction of sp³-hybridized carbons (Fsp3) is 0.0714. The predicted molar refractivity (Wildman–Crippen MR) is 69.7 cm³/mol. The number of carbonyl (C=O) groups excluding carboxylic acids is 1. The molecule has 1 aromatic carbocycles. The van der Waals surface area contributed by atoms with Crippen molar-refractivity contribution >= 4 is 11.8 Å². The van der Waals surface area contributed by atoms with Crippen LogP contribution in [-0.4, -0.2) is 13.2 Å². The maximum absolute atomic E-state index is 10.6. The van der Waals surface area contributed by atoms with Gasteiger partial charge in [-0.3, -0.25) is 5.43 Å². The zero-order valence-electron chi connectivity index (χ0n) is 10.0. The van der Waals surface area contributed by atoms with Crippen molar-refractivity contribution in [2.75, 3.05) is 12.5 Å². The molecule has 1 aromatic rings. The zero-order valence-corrected chi connectivity index (χ0v) is 10.0. The minimum atomic E-state index is -0.515. The number of hydrogen-bond acceptors (Lipinski definition) is 3. The van der Waals surface area contributed by atoms with E-state index in [-0.39, 0.29) is 0 Å². The van der Waals surface area contributed by atoms with Crippen LogP contribution in [0, 0.1) is 10.4 Å². The van der Waals surface area contributed by atoms with Crippen LogP contribution in [0.25, 0.3) is 0 Å². The summed E-state index contributed by atoms with van der Waals surface area (Å²) in [6.45, 7) is 0. The fourth-order valence-electron chi connectivity index (χ4n) is 1.36. The van der Waals surface area contributed by atoms with E-state index in [1.807, 2.05) is 30.3 Å². The van der Waals surface area contributed by atoms with E-state index in [2.05, 4.69) is 39.9 Å². The van der Waals surface area contributed by atoms with Crippen molar-refractivity contribution in [2.24, 2.45) is 0 Å². The van der Waals surface area contributed by atoms with E-state index in [0.717, 1.165) is 5.69 Å². The molecule has 0 unspecified atom stereocenters. The lowest BCUT2D eigenvalue weighted by molar-refractivity contribution is 0.173. The Morgan fingerprint density at radius 2 is 1.50 bits per heavy atom. The van der Waals surface area contributed by atoms with E-state index in [1.165, 1.54) is 17.5 Å². The highest BCUT2D eigenvalue weighted by Gasteiger charge is 1.95. The van der Waals surface area contributed by atoms with Crippen molar-refractivity contribution < 1.29 is 9.53 Å². The van der Waals surface area contributed by atoms with Crippen molar-refractivity contribution in [3.8, 4) is 0 Å². The summed E-state index contributed by atoms with van der Waals surface area (Å²) in [4.78, 5) is 10.6. The first-order valence-corrected chi connectivity index (χ1v) is 5.55. The number of benzene rings is 2. The molecule has 0 saturated carbocycles. The number of hydrogen-bond donors (Lipinski definition) is 2. The average molecular weight is 242 g/mol. The van der Waals surface area contributed by atoms with Crippen molar-refractivity contribution in [2.45, 2.75) is 0 Å². The second-order valence-corrected chi connectivity index (χ2v) is 3.68. The van der Waals surface area contributed by atoms with Crippen LogP contribution in [0.3, 0.4) is 0 Å². The van der Waals surface area contributed by atoms with Crippen LogP contribution < -0.4 is 10.9 Å². The monoisotopic (exact) mass is 242 g/mol. The molecule has 92 valence electrons. The summed E-state index contributed by atoms with van der Waals surface area (Å²) in [6, 6.07) is 17.8. The predicted octanol–water partition coefficient (Wildman–Crippen LogP) is 2.66. The quantitative estimate of drug-likeness (QED) is 0.679. The molecule has 0 aromatic heterocycles. The van der Waals surface area contributed by atoms with Gasteiger partial charge >= 0.3 is 6.09 Å². The molecule has 0 heterocycles. The van der Waals surface area contributed by atoms with Crippen molar-refractivity contribution in [1.29, 1.82) is 0 Å². The number of carbonyl (C=O) groups is 1. The van der Waals surface area contributed by atoms with Gasteiger partial charge in [-0.15, -0.1) is 0 Å². The van der Waals surface area contributed by atoms with Gasteiger partial charge in [0.2, 0.25) is 0 Å². The minimum Gasteiger partial charge on any atom is -0.452 e. The van der Waals surface area contributed by atoms with E-state index in [9.17, 15) is 4.79 Å². The molecule has 18 heavy (non-hydrogen) atoms. The van der Waals surface area contributed by atoms with Gasteiger partial charge in [-0.1, -0.05) is 42.5 Å². The highest BCUT2D eigenvalue weighted by molar-refractivity contribution is 5.69. The number of rotatable bonds is 2. The van der Waals surface area contributed by atoms with E-state index in [4.69, 9.17) is 0 Å². The Bertz CT molecular complexity index is 561. The summed E-state index contributed by atoms with van der Waals surface area (Å²) in [5.41, 5.74) is 5.82. The van der Waals surface area contributed by atoms with E-state index >= 15 is 0 Å². The largest absolute Gasteiger partial charge is 0.452 e. The summed E-state index contributed by atoms with van der Waals surface area (Å²) in [6.07, 6.45) is -0.515. The number of amides is 1. The third kappa shape index (κ3) is 3.01. The average Bonchev–Trinajstić information content (AvgIpc) is 2.42. The number of ether oxygens (including phenoxy) is 1. The van der Waals surface area contributed by atoms with Crippen molar-refractivity contribution in [3.63, 3.8) is 0 Å². The SMILES string of the molecule is COC(=O)NNc1ccccc1.c1cc2ccc1=2. The van der Waals surface area contributed by atoms with Crippen LogP contribution in [0.5, 0.6) is 0 Å². The van der Waals surface area contributed by atoms with E-state index in [1.54, 1.807) is 0 Å². The summed E-state index contributed by atoms with van der Waals surface area (Å²) >= 11 is 0. The number of hydrazine groups is 1. The van der Waals surface area contributed by atoms with Gasteiger partial charge in [0.05, 0.1) is 12.8 Å². The summed E-state index contributed by atoms with van der Waals surface area (Å²) in [5.74, 6) is 0. The lowest BCUT2D eigenvalue weighted by Crippen LogP contribution is -2.28. The highest BCUT2D eigenvalue weighted by atomic mass is 16.5. The fourth-order valence-corrected chi connectivity index (χ4v) is 1.36.